The molecular formula is C10H16N4O. The van der Waals surface area contributed by atoms with Gasteiger partial charge in [0, 0.05) is 19.0 Å². The van der Waals surface area contributed by atoms with Gasteiger partial charge in [-0.1, -0.05) is 0 Å². The van der Waals surface area contributed by atoms with Crippen molar-refractivity contribution in [1.82, 2.24) is 20.1 Å². The van der Waals surface area contributed by atoms with E-state index in [2.05, 4.69) is 15.5 Å². The highest BCUT2D eigenvalue weighted by Gasteiger charge is 2.23. The van der Waals surface area contributed by atoms with E-state index in [0.29, 0.717) is 12.1 Å². The predicted octanol–water partition coefficient (Wildman–Crippen LogP) is 0.898. The SMILES string of the molecule is CC(=O)N[C@H]1CCC[C@@H](n2cnnc2)C1. The normalized spacial score (nSPS) is 26.2. The highest BCUT2D eigenvalue weighted by atomic mass is 16.1. The Morgan fingerprint density at radius 3 is 2.80 bits per heavy atom. The first-order valence-electron chi connectivity index (χ1n) is 5.37. The molecular weight excluding hydrogens is 192 g/mol. The van der Waals surface area contributed by atoms with Crippen molar-refractivity contribution >= 4 is 5.91 Å². The van der Waals surface area contributed by atoms with E-state index in [1.165, 1.54) is 0 Å². The number of hydrogen-bond donors (Lipinski definition) is 1. The summed E-state index contributed by atoms with van der Waals surface area (Å²) < 4.78 is 2.04. The number of nitrogens with zero attached hydrogens (tertiary/aromatic N) is 3. The van der Waals surface area contributed by atoms with Crippen LogP contribution in [0.4, 0.5) is 0 Å². The summed E-state index contributed by atoms with van der Waals surface area (Å²) in [5, 5.41) is 10.6. The molecule has 1 aromatic heterocycles. The molecule has 1 amide bonds. The van der Waals surface area contributed by atoms with Crippen LogP contribution in [0.2, 0.25) is 0 Å². The summed E-state index contributed by atoms with van der Waals surface area (Å²) in [7, 11) is 0. The topological polar surface area (TPSA) is 59.8 Å². The van der Waals surface area contributed by atoms with Crippen LogP contribution in [-0.2, 0) is 4.79 Å². The summed E-state index contributed by atoms with van der Waals surface area (Å²) >= 11 is 0. The molecule has 5 nitrogen and oxygen atoms in total. The molecule has 1 fully saturated rings. The molecule has 1 aliphatic carbocycles. The van der Waals surface area contributed by atoms with Crippen molar-refractivity contribution in [1.29, 1.82) is 0 Å². The summed E-state index contributed by atoms with van der Waals surface area (Å²) in [4.78, 5) is 11.0. The molecule has 0 spiro atoms. The molecule has 0 radical (unpaired) electrons. The van der Waals surface area contributed by atoms with Crippen molar-refractivity contribution in [3.05, 3.63) is 12.7 Å². The molecule has 5 heteroatoms. The summed E-state index contributed by atoms with van der Waals surface area (Å²) in [5.74, 6) is 0.0596. The van der Waals surface area contributed by atoms with Gasteiger partial charge in [-0.2, -0.15) is 0 Å². The highest BCUT2D eigenvalue weighted by molar-refractivity contribution is 5.73. The lowest BCUT2D eigenvalue weighted by Gasteiger charge is -2.29. The van der Waals surface area contributed by atoms with Gasteiger partial charge in [-0.3, -0.25) is 4.79 Å². The van der Waals surface area contributed by atoms with Crippen LogP contribution in [-0.4, -0.2) is 26.7 Å². The van der Waals surface area contributed by atoms with Gasteiger partial charge in [0.05, 0.1) is 0 Å². The largest absolute Gasteiger partial charge is 0.354 e. The second kappa shape index (κ2) is 4.42. The van der Waals surface area contributed by atoms with Crippen LogP contribution >= 0.6 is 0 Å². The third-order valence-corrected chi connectivity index (χ3v) is 2.91. The van der Waals surface area contributed by atoms with E-state index in [9.17, 15) is 4.79 Å². The average Bonchev–Trinajstić information content (AvgIpc) is 2.69. The zero-order valence-electron chi connectivity index (χ0n) is 8.89. The second-order valence-corrected chi connectivity index (χ2v) is 4.13. The first-order chi connectivity index (χ1) is 7.25. The van der Waals surface area contributed by atoms with Crippen molar-refractivity contribution < 1.29 is 4.79 Å². The van der Waals surface area contributed by atoms with Crippen LogP contribution in [0.1, 0.15) is 38.6 Å². The Morgan fingerprint density at radius 1 is 1.40 bits per heavy atom. The Morgan fingerprint density at radius 2 is 2.13 bits per heavy atom. The van der Waals surface area contributed by atoms with Gasteiger partial charge in [0.2, 0.25) is 5.91 Å². The quantitative estimate of drug-likeness (QED) is 0.785. The zero-order valence-corrected chi connectivity index (χ0v) is 8.89. The van der Waals surface area contributed by atoms with E-state index in [1.54, 1.807) is 19.6 Å². The fourth-order valence-corrected chi connectivity index (χ4v) is 2.25. The van der Waals surface area contributed by atoms with E-state index in [-0.39, 0.29) is 5.91 Å². The van der Waals surface area contributed by atoms with E-state index in [0.717, 1.165) is 25.7 Å². The molecule has 1 heterocycles. The van der Waals surface area contributed by atoms with Gasteiger partial charge < -0.3 is 9.88 Å². The number of carbonyl (C=O) groups excluding carboxylic acids is 1. The average molecular weight is 208 g/mol. The van der Waals surface area contributed by atoms with E-state index in [4.69, 9.17) is 0 Å². The van der Waals surface area contributed by atoms with Crippen molar-refractivity contribution in [3.63, 3.8) is 0 Å². The monoisotopic (exact) mass is 208 g/mol. The third kappa shape index (κ3) is 2.55. The van der Waals surface area contributed by atoms with Crippen molar-refractivity contribution in [2.75, 3.05) is 0 Å². The van der Waals surface area contributed by atoms with Crippen LogP contribution in [0.25, 0.3) is 0 Å². The van der Waals surface area contributed by atoms with Crippen LogP contribution in [0.3, 0.4) is 0 Å². The lowest BCUT2D eigenvalue weighted by Crippen LogP contribution is -2.37. The molecule has 1 N–H and O–H groups in total. The number of nitrogens with one attached hydrogen (secondary N) is 1. The van der Waals surface area contributed by atoms with Gasteiger partial charge in [0.25, 0.3) is 0 Å². The summed E-state index contributed by atoms with van der Waals surface area (Å²) in [6, 6.07) is 0.745. The minimum Gasteiger partial charge on any atom is -0.354 e. The Labute approximate surface area is 88.9 Å². The molecule has 0 aliphatic heterocycles. The highest BCUT2D eigenvalue weighted by Crippen LogP contribution is 2.27. The van der Waals surface area contributed by atoms with Crippen LogP contribution in [0, 0.1) is 0 Å². The zero-order chi connectivity index (χ0) is 10.7. The Kier molecular flexibility index (Phi) is 2.99. The minimum atomic E-state index is 0.0596. The van der Waals surface area contributed by atoms with Gasteiger partial charge in [0.15, 0.2) is 0 Å². The van der Waals surface area contributed by atoms with E-state index >= 15 is 0 Å². The first kappa shape index (κ1) is 10.1. The predicted molar refractivity (Wildman–Crippen MR) is 55.1 cm³/mol. The van der Waals surface area contributed by atoms with Crippen LogP contribution in [0.15, 0.2) is 12.7 Å². The maximum absolute atomic E-state index is 11.0. The number of rotatable bonds is 2. The summed E-state index contributed by atoms with van der Waals surface area (Å²) in [6.07, 6.45) is 7.86. The fraction of sp³-hybridized carbons (Fsp3) is 0.700. The molecule has 1 aromatic rings. The molecule has 0 bridgehead atoms. The second-order valence-electron chi connectivity index (χ2n) is 4.13. The molecule has 1 saturated carbocycles. The molecule has 2 rings (SSSR count). The molecule has 82 valence electrons. The number of aromatic nitrogens is 3. The Hall–Kier alpha value is -1.39. The number of carbonyl (C=O) groups is 1. The lowest BCUT2D eigenvalue weighted by molar-refractivity contribution is -0.119. The standard InChI is InChI=1S/C10H16N4O/c1-8(15)13-9-3-2-4-10(5-9)14-6-11-12-7-14/h6-7,9-10H,2-5H2,1H3,(H,13,15)/t9-,10+/m0/s1. The Balaban J connectivity index is 1.95. The van der Waals surface area contributed by atoms with Gasteiger partial charge in [-0.25, -0.2) is 0 Å². The van der Waals surface area contributed by atoms with Gasteiger partial charge in [-0.15, -0.1) is 10.2 Å². The number of hydrogen-bond acceptors (Lipinski definition) is 3. The fourth-order valence-electron chi connectivity index (χ4n) is 2.25. The molecule has 0 aromatic carbocycles. The van der Waals surface area contributed by atoms with Gasteiger partial charge in [-0.05, 0) is 25.7 Å². The third-order valence-electron chi connectivity index (χ3n) is 2.91. The van der Waals surface area contributed by atoms with E-state index < -0.39 is 0 Å². The maximum atomic E-state index is 11.0. The smallest absolute Gasteiger partial charge is 0.217 e. The van der Waals surface area contributed by atoms with Crippen LogP contribution in [0.5, 0.6) is 0 Å². The lowest BCUT2D eigenvalue weighted by atomic mass is 9.91. The summed E-state index contributed by atoms with van der Waals surface area (Å²) in [6.45, 7) is 1.57. The molecule has 0 unspecified atom stereocenters. The van der Waals surface area contributed by atoms with Crippen molar-refractivity contribution in [2.24, 2.45) is 0 Å². The van der Waals surface area contributed by atoms with Gasteiger partial charge in [0.1, 0.15) is 12.7 Å². The van der Waals surface area contributed by atoms with Crippen molar-refractivity contribution in [3.8, 4) is 0 Å². The first-order valence-corrected chi connectivity index (χ1v) is 5.37. The van der Waals surface area contributed by atoms with Crippen molar-refractivity contribution in [2.45, 2.75) is 44.7 Å². The Bertz CT molecular complexity index is 322. The van der Waals surface area contributed by atoms with E-state index in [1.807, 2.05) is 4.57 Å². The molecule has 2 atom stereocenters. The van der Waals surface area contributed by atoms with Gasteiger partial charge >= 0.3 is 0 Å². The molecule has 15 heavy (non-hydrogen) atoms. The molecule has 0 saturated heterocycles. The molecule has 1 aliphatic rings. The minimum absolute atomic E-state index is 0.0596. The maximum Gasteiger partial charge on any atom is 0.217 e. The number of amides is 1. The summed E-state index contributed by atoms with van der Waals surface area (Å²) in [5.41, 5.74) is 0. The van der Waals surface area contributed by atoms with Crippen LogP contribution < -0.4 is 5.32 Å².